The Kier molecular flexibility index (Phi) is 4.95. The SMILES string of the molecule is COC(=N)c1ccc(Br)cc1F.Cl. The standard InChI is InChI=1S/C8H7BrFNO.ClH/c1-12-8(11)6-3-2-5(9)4-7(6)10;/h2-4,11H,1H3;1H. The van der Waals surface area contributed by atoms with Gasteiger partial charge in [-0.2, -0.15) is 0 Å². The van der Waals surface area contributed by atoms with Gasteiger partial charge in [0.2, 0.25) is 5.90 Å². The second-order valence-electron chi connectivity index (χ2n) is 2.16. The number of halogens is 3. The Morgan fingerprint density at radius 2 is 2.15 bits per heavy atom. The molecule has 0 aliphatic rings. The fourth-order valence-electron chi connectivity index (χ4n) is 0.784. The van der Waals surface area contributed by atoms with E-state index in [-0.39, 0.29) is 23.9 Å². The molecule has 0 spiro atoms. The van der Waals surface area contributed by atoms with E-state index >= 15 is 0 Å². The zero-order valence-corrected chi connectivity index (χ0v) is 9.21. The summed E-state index contributed by atoms with van der Waals surface area (Å²) in [6.45, 7) is 0. The molecule has 72 valence electrons. The fourth-order valence-corrected chi connectivity index (χ4v) is 1.12. The van der Waals surface area contributed by atoms with Crippen LogP contribution in [-0.4, -0.2) is 13.0 Å². The minimum Gasteiger partial charge on any atom is -0.481 e. The Hall–Kier alpha value is -0.610. The molecule has 0 heterocycles. The van der Waals surface area contributed by atoms with E-state index in [1.807, 2.05) is 0 Å². The molecule has 0 aromatic heterocycles. The molecule has 5 heteroatoms. The number of methoxy groups -OCH3 is 1. The van der Waals surface area contributed by atoms with Crippen molar-refractivity contribution in [2.24, 2.45) is 0 Å². The predicted molar refractivity (Wildman–Crippen MR) is 55.2 cm³/mol. The molecule has 0 atom stereocenters. The van der Waals surface area contributed by atoms with Crippen LogP contribution in [0.4, 0.5) is 4.39 Å². The quantitative estimate of drug-likeness (QED) is 0.616. The molecule has 0 fully saturated rings. The van der Waals surface area contributed by atoms with Crippen LogP contribution in [-0.2, 0) is 4.74 Å². The average molecular weight is 269 g/mol. The van der Waals surface area contributed by atoms with Crippen LogP contribution in [0.5, 0.6) is 0 Å². The third-order valence-electron chi connectivity index (χ3n) is 1.38. The highest BCUT2D eigenvalue weighted by Crippen LogP contribution is 2.15. The molecule has 0 amide bonds. The second kappa shape index (κ2) is 5.19. The van der Waals surface area contributed by atoms with Gasteiger partial charge in [0.1, 0.15) is 5.82 Å². The van der Waals surface area contributed by atoms with Gasteiger partial charge in [0.05, 0.1) is 12.7 Å². The summed E-state index contributed by atoms with van der Waals surface area (Å²) < 4.78 is 18.3. The molecule has 1 aromatic rings. The van der Waals surface area contributed by atoms with Crippen molar-refractivity contribution in [3.8, 4) is 0 Å². The molecule has 0 aliphatic heterocycles. The van der Waals surface area contributed by atoms with Gasteiger partial charge < -0.3 is 4.74 Å². The molecule has 13 heavy (non-hydrogen) atoms. The highest BCUT2D eigenvalue weighted by atomic mass is 79.9. The summed E-state index contributed by atoms with van der Waals surface area (Å²) in [6.07, 6.45) is 0. The van der Waals surface area contributed by atoms with E-state index in [1.54, 1.807) is 6.07 Å². The maximum Gasteiger partial charge on any atom is 0.215 e. The molecule has 1 rings (SSSR count). The van der Waals surface area contributed by atoms with E-state index in [0.29, 0.717) is 4.47 Å². The van der Waals surface area contributed by atoms with Gasteiger partial charge in [-0.1, -0.05) is 15.9 Å². The Morgan fingerprint density at radius 1 is 1.54 bits per heavy atom. The smallest absolute Gasteiger partial charge is 0.215 e. The lowest BCUT2D eigenvalue weighted by Crippen LogP contribution is -2.03. The van der Waals surface area contributed by atoms with Gasteiger partial charge in [-0.15, -0.1) is 12.4 Å². The molecule has 2 nitrogen and oxygen atoms in total. The van der Waals surface area contributed by atoms with Crippen LogP contribution in [0, 0.1) is 11.2 Å². The van der Waals surface area contributed by atoms with Crippen LogP contribution in [0.1, 0.15) is 5.56 Å². The number of nitrogens with one attached hydrogen (secondary N) is 1. The van der Waals surface area contributed by atoms with Gasteiger partial charge in [-0.3, -0.25) is 5.41 Å². The van der Waals surface area contributed by atoms with Crippen LogP contribution in [0.15, 0.2) is 22.7 Å². The predicted octanol–water partition coefficient (Wildman–Crippen LogP) is 2.98. The van der Waals surface area contributed by atoms with Crippen LogP contribution in [0.25, 0.3) is 0 Å². The summed E-state index contributed by atoms with van der Waals surface area (Å²) in [5.41, 5.74) is 0.167. The summed E-state index contributed by atoms with van der Waals surface area (Å²) in [4.78, 5) is 0. The number of hydrogen-bond acceptors (Lipinski definition) is 2. The topological polar surface area (TPSA) is 33.1 Å². The fraction of sp³-hybridized carbons (Fsp3) is 0.125. The van der Waals surface area contributed by atoms with Gasteiger partial charge in [0.25, 0.3) is 0 Å². The average Bonchev–Trinajstić information content (AvgIpc) is 2.03. The van der Waals surface area contributed by atoms with E-state index in [4.69, 9.17) is 5.41 Å². The zero-order chi connectivity index (χ0) is 9.14. The van der Waals surface area contributed by atoms with Gasteiger partial charge in [-0.25, -0.2) is 4.39 Å². The largest absolute Gasteiger partial charge is 0.481 e. The molecule has 0 aliphatic carbocycles. The molecular weight excluding hydrogens is 260 g/mol. The summed E-state index contributed by atoms with van der Waals surface area (Å²) in [6, 6.07) is 4.44. The Morgan fingerprint density at radius 3 is 2.62 bits per heavy atom. The van der Waals surface area contributed by atoms with E-state index in [9.17, 15) is 4.39 Å². The van der Waals surface area contributed by atoms with Crippen molar-refractivity contribution in [1.82, 2.24) is 0 Å². The normalized spacial score (nSPS) is 8.85. The number of hydrogen-bond donors (Lipinski definition) is 1. The third kappa shape index (κ3) is 2.97. The number of benzene rings is 1. The first kappa shape index (κ1) is 12.4. The van der Waals surface area contributed by atoms with Gasteiger partial charge in [-0.05, 0) is 18.2 Å². The summed E-state index contributed by atoms with van der Waals surface area (Å²) >= 11 is 3.12. The molecular formula is C8H8BrClFNO. The highest BCUT2D eigenvalue weighted by Gasteiger charge is 2.07. The van der Waals surface area contributed by atoms with Crippen LogP contribution in [0.2, 0.25) is 0 Å². The van der Waals surface area contributed by atoms with Gasteiger partial charge in [0.15, 0.2) is 0 Å². The minimum atomic E-state index is -0.462. The molecule has 0 unspecified atom stereocenters. The van der Waals surface area contributed by atoms with E-state index < -0.39 is 5.82 Å². The first-order valence-electron chi connectivity index (χ1n) is 3.23. The second-order valence-corrected chi connectivity index (χ2v) is 3.07. The van der Waals surface area contributed by atoms with E-state index in [2.05, 4.69) is 20.7 Å². The van der Waals surface area contributed by atoms with Crippen LogP contribution < -0.4 is 0 Å². The summed E-state index contributed by atoms with van der Waals surface area (Å²) in [7, 11) is 1.34. The maximum atomic E-state index is 13.0. The molecule has 0 bridgehead atoms. The molecule has 1 aromatic carbocycles. The van der Waals surface area contributed by atoms with E-state index in [1.165, 1.54) is 19.2 Å². The summed E-state index contributed by atoms with van der Waals surface area (Å²) in [5.74, 6) is -0.628. The first-order valence-corrected chi connectivity index (χ1v) is 4.02. The van der Waals surface area contributed by atoms with Crippen molar-refractivity contribution in [3.05, 3.63) is 34.1 Å². The lowest BCUT2D eigenvalue weighted by atomic mass is 10.2. The first-order chi connectivity index (χ1) is 5.65. The minimum absolute atomic E-state index is 0. The Bertz CT molecular complexity index is 319. The van der Waals surface area contributed by atoms with Crippen molar-refractivity contribution < 1.29 is 9.13 Å². The molecule has 1 N–H and O–H groups in total. The van der Waals surface area contributed by atoms with Crippen LogP contribution in [0.3, 0.4) is 0 Å². The maximum absolute atomic E-state index is 13.0. The van der Waals surface area contributed by atoms with Crippen molar-refractivity contribution in [3.63, 3.8) is 0 Å². The van der Waals surface area contributed by atoms with Crippen molar-refractivity contribution in [2.75, 3.05) is 7.11 Å². The lowest BCUT2D eigenvalue weighted by molar-refractivity contribution is 0.398. The molecule has 0 saturated heterocycles. The van der Waals surface area contributed by atoms with Crippen molar-refractivity contribution in [2.45, 2.75) is 0 Å². The number of ether oxygens (including phenoxy) is 1. The highest BCUT2D eigenvalue weighted by molar-refractivity contribution is 9.10. The summed E-state index contributed by atoms with van der Waals surface area (Å²) in [5, 5.41) is 7.21. The van der Waals surface area contributed by atoms with Gasteiger partial charge in [0, 0.05) is 4.47 Å². The molecule has 0 radical (unpaired) electrons. The Balaban J connectivity index is 0.00000144. The van der Waals surface area contributed by atoms with Gasteiger partial charge >= 0.3 is 0 Å². The number of rotatable bonds is 1. The van der Waals surface area contributed by atoms with Crippen molar-refractivity contribution >= 4 is 34.2 Å². The zero-order valence-electron chi connectivity index (χ0n) is 6.80. The van der Waals surface area contributed by atoms with Crippen molar-refractivity contribution in [1.29, 1.82) is 5.41 Å². The lowest BCUT2D eigenvalue weighted by Gasteiger charge is -2.03. The van der Waals surface area contributed by atoms with Crippen LogP contribution >= 0.6 is 28.3 Å². The Labute approximate surface area is 90.1 Å². The monoisotopic (exact) mass is 267 g/mol. The van der Waals surface area contributed by atoms with E-state index in [0.717, 1.165) is 0 Å². The third-order valence-corrected chi connectivity index (χ3v) is 1.87. The molecule has 0 saturated carbocycles.